The van der Waals surface area contributed by atoms with Crippen molar-refractivity contribution in [2.45, 2.75) is 32.7 Å². The maximum Gasteiger partial charge on any atom is 0.0796 e. The summed E-state index contributed by atoms with van der Waals surface area (Å²) < 4.78 is 1.95. The SMILES string of the molecule is Cc1cn(C(C)(C)CCN(C)C)nn1. The monoisotopic (exact) mass is 196 g/mol. The topological polar surface area (TPSA) is 34.0 Å². The fourth-order valence-corrected chi connectivity index (χ4v) is 1.25. The van der Waals surface area contributed by atoms with E-state index >= 15 is 0 Å². The second kappa shape index (κ2) is 4.09. The predicted octanol–water partition coefficient (Wildman–Crippen LogP) is 1.27. The number of aryl methyl sites for hydroxylation is 1. The molecule has 0 aliphatic carbocycles. The quantitative estimate of drug-likeness (QED) is 0.727. The first-order chi connectivity index (χ1) is 6.42. The molecule has 0 saturated heterocycles. The molecule has 4 nitrogen and oxygen atoms in total. The first-order valence-electron chi connectivity index (χ1n) is 4.96. The first kappa shape index (κ1) is 11.2. The average molecular weight is 196 g/mol. The van der Waals surface area contributed by atoms with Crippen LogP contribution in [0.2, 0.25) is 0 Å². The molecule has 0 fully saturated rings. The molecule has 0 unspecified atom stereocenters. The molecule has 0 atom stereocenters. The summed E-state index contributed by atoms with van der Waals surface area (Å²) in [7, 11) is 4.17. The molecule has 0 radical (unpaired) electrons. The van der Waals surface area contributed by atoms with Crippen LogP contribution < -0.4 is 0 Å². The summed E-state index contributed by atoms with van der Waals surface area (Å²) in [5.41, 5.74) is 1.02. The van der Waals surface area contributed by atoms with Crippen LogP contribution >= 0.6 is 0 Å². The standard InChI is InChI=1S/C10H20N4/c1-9-8-14(12-11-9)10(2,3)6-7-13(4)5/h8H,6-7H2,1-5H3. The van der Waals surface area contributed by atoms with E-state index in [1.54, 1.807) is 0 Å². The van der Waals surface area contributed by atoms with Crippen molar-refractivity contribution in [1.29, 1.82) is 0 Å². The molecule has 0 saturated carbocycles. The smallest absolute Gasteiger partial charge is 0.0796 e. The molecule has 1 aromatic heterocycles. The highest BCUT2D eigenvalue weighted by Crippen LogP contribution is 2.18. The van der Waals surface area contributed by atoms with E-state index in [0.29, 0.717) is 0 Å². The summed E-state index contributed by atoms with van der Waals surface area (Å²) in [6.07, 6.45) is 3.07. The number of aromatic nitrogens is 3. The third kappa shape index (κ3) is 2.80. The van der Waals surface area contributed by atoms with Crippen LogP contribution in [0, 0.1) is 6.92 Å². The normalized spacial score (nSPS) is 12.4. The number of hydrogen-bond donors (Lipinski definition) is 0. The van der Waals surface area contributed by atoms with Gasteiger partial charge in [0.15, 0.2) is 0 Å². The van der Waals surface area contributed by atoms with E-state index in [9.17, 15) is 0 Å². The van der Waals surface area contributed by atoms with Crippen LogP contribution in [0.4, 0.5) is 0 Å². The highest BCUT2D eigenvalue weighted by molar-refractivity contribution is 4.91. The van der Waals surface area contributed by atoms with Crippen LogP contribution in [0.25, 0.3) is 0 Å². The Bertz CT molecular complexity index is 288. The van der Waals surface area contributed by atoms with Crippen LogP contribution in [0.1, 0.15) is 26.0 Å². The zero-order valence-corrected chi connectivity index (χ0v) is 9.78. The van der Waals surface area contributed by atoms with E-state index in [-0.39, 0.29) is 5.54 Å². The average Bonchev–Trinajstić information content (AvgIpc) is 2.49. The Kier molecular flexibility index (Phi) is 3.26. The molecule has 0 bridgehead atoms. The van der Waals surface area contributed by atoms with E-state index in [1.165, 1.54) is 0 Å². The fraction of sp³-hybridized carbons (Fsp3) is 0.800. The van der Waals surface area contributed by atoms with Gasteiger partial charge in [0, 0.05) is 6.20 Å². The minimum Gasteiger partial charge on any atom is -0.309 e. The Morgan fingerprint density at radius 2 is 2.07 bits per heavy atom. The van der Waals surface area contributed by atoms with Gasteiger partial charge in [-0.2, -0.15) is 0 Å². The molecule has 4 heteroatoms. The number of hydrogen-bond acceptors (Lipinski definition) is 3. The van der Waals surface area contributed by atoms with Crippen molar-refractivity contribution in [2.75, 3.05) is 20.6 Å². The largest absolute Gasteiger partial charge is 0.309 e. The van der Waals surface area contributed by atoms with Gasteiger partial charge in [-0.25, -0.2) is 4.68 Å². The van der Waals surface area contributed by atoms with Gasteiger partial charge in [0.25, 0.3) is 0 Å². The van der Waals surface area contributed by atoms with Gasteiger partial charge in [-0.1, -0.05) is 5.21 Å². The Balaban J connectivity index is 2.65. The summed E-state index contributed by atoms with van der Waals surface area (Å²) >= 11 is 0. The molecule has 0 amide bonds. The van der Waals surface area contributed by atoms with Gasteiger partial charge < -0.3 is 4.90 Å². The van der Waals surface area contributed by atoms with E-state index in [0.717, 1.165) is 18.7 Å². The van der Waals surface area contributed by atoms with Gasteiger partial charge in [-0.3, -0.25) is 0 Å². The number of nitrogens with zero attached hydrogens (tertiary/aromatic N) is 4. The molecule has 0 N–H and O–H groups in total. The molecule has 0 aliphatic rings. The molecule has 1 rings (SSSR count). The Labute approximate surface area is 85.9 Å². The molecule has 80 valence electrons. The van der Waals surface area contributed by atoms with Crippen LogP contribution in [0.3, 0.4) is 0 Å². The lowest BCUT2D eigenvalue weighted by molar-refractivity contribution is 0.248. The minimum atomic E-state index is 0.0472. The molecule has 1 aromatic rings. The van der Waals surface area contributed by atoms with Gasteiger partial charge in [0.05, 0.1) is 11.2 Å². The highest BCUT2D eigenvalue weighted by atomic mass is 15.4. The molecule has 0 aromatic carbocycles. The lowest BCUT2D eigenvalue weighted by atomic mass is 10.0. The van der Waals surface area contributed by atoms with Gasteiger partial charge in [-0.15, -0.1) is 5.10 Å². The molecular formula is C10H20N4. The third-order valence-corrected chi connectivity index (χ3v) is 2.40. The second-order valence-corrected chi connectivity index (χ2v) is 4.67. The summed E-state index contributed by atoms with van der Waals surface area (Å²) in [5.74, 6) is 0. The third-order valence-electron chi connectivity index (χ3n) is 2.40. The lowest BCUT2D eigenvalue weighted by Crippen LogP contribution is -2.31. The summed E-state index contributed by atoms with van der Waals surface area (Å²) in [4.78, 5) is 2.19. The Hall–Kier alpha value is -0.900. The Morgan fingerprint density at radius 3 is 2.50 bits per heavy atom. The molecular weight excluding hydrogens is 176 g/mol. The minimum absolute atomic E-state index is 0.0472. The number of rotatable bonds is 4. The van der Waals surface area contributed by atoms with E-state index < -0.39 is 0 Å². The summed E-state index contributed by atoms with van der Waals surface area (Å²) in [6, 6.07) is 0. The van der Waals surface area contributed by atoms with E-state index in [2.05, 4.69) is 43.2 Å². The lowest BCUT2D eigenvalue weighted by Gasteiger charge is -2.26. The van der Waals surface area contributed by atoms with Crippen LogP contribution in [0.5, 0.6) is 0 Å². The van der Waals surface area contributed by atoms with Crippen molar-refractivity contribution in [3.63, 3.8) is 0 Å². The highest BCUT2D eigenvalue weighted by Gasteiger charge is 2.21. The molecule has 0 aliphatic heterocycles. The second-order valence-electron chi connectivity index (χ2n) is 4.67. The van der Waals surface area contributed by atoms with Crippen molar-refractivity contribution in [3.05, 3.63) is 11.9 Å². The first-order valence-corrected chi connectivity index (χ1v) is 4.96. The predicted molar refractivity (Wildman–Crippen MR) is 57.3 cm³/mol. The van der Waals surface area contributed by atoms with Gasteiger partial charge in [-0.05, 0) is 47.8 Å². The van der Waals surface area contributed by atoms with Crippen molar-refractivity contribution in [1.82, 2.24) is 19.9 Å². The van der Waals surface area contributed by atoms with Crippen LogP contribution in [-0.4, -0.2) is 40.5 Å². The molecule has 0 spiro atoms. The van der Waals surface area contributed by atoms with Crippen molar-refractivity contribution < 1.29 is 0 Å². The van der Waals surface area contributed by atoms with E-state index in [1.807, 2.05) is 17.8 Å². The van der Waals surface area contributed by atoms with Crippen LogP contribution in [0.15, 0.2) is 6.20 Å². The molecule has 1 heterocycles. The summed E-state index contributed by atoms with van der Waals surface area (Å²) in [6.45, 7) is 7.40. The zero-order chi connectivity index (χ0) is 10.8. The van der Waals surface area contributed by atoms with Crippen LogP contribution in [-0.2, 0) is 5.54 Å². The van der Waals surface area contributed by atoms with Gasteiger partial charge in [0.2, 0.25) is 0 Å². The van der Waals surface area contributed by atoms with Crippen molar-refractivity contribution in [3.8, 4) is 0 Å². The van der Waals surface area contributed by atoms with E-state index in [4.69, 9.17) is 0 Å². The maximum atomic E-state index is 4.11. The zero-order valence-electron chi connectivity index (χ0n) is 9.78. The Morgan fingerprint density at radius 1 is 1.43 bits per heavy atom. The maximum absolute atomic E-state index is 4.11. The fourth-order valence-electron chi connectivity index (χ4n) is 1.25. The molecule has 14 heavy (non-hydrogen) atoms. The van der Waals surface area contributed by atoms with Crippen molar-refractivity contribution in [2.24, 2.45) is 0 Å². The van der Waals surface area contributed by atoms with Gasteiger partial charge >= 0.3 is 0 Å². The summed E-state index contributed by atoms with van der Waals surface area (Å²) in [5, 5.41) is 8.12. The van der Waals surface area contributed by atoms with Crippen molar-refractivity contribution >= 4 is 0 Å². The van der Waals surface area contributed by atoms with Gasteiger partial charge in [0.1, 0.15) is 0 Å².